The van der Waals surface area contributed by atoms with Gasteiger partial charge in [0.2, 0.25) is 0 Å². The second-order valence-electron chi connectivity index (χ2n) is 4.31. The van der Waals surface area contributed by atoms with E-state index in [1.54, 1.807) is 25.1 Å². The van der Waals surface area contributed by atoms with Crippen LogP contribution >= 0.6 is 23.2 Å². The van der Waals surface area contributed by atoms with Crippen molar-refractivity contribution in [3.63, 3.8) is 0 Å². The zero-order valence-electron chi connectivity index (χ0n) is 10.8. The van der Waals surface area contributed by atoms with Gasteiger partial charge in [-0.3, -0.25) is 4.72 Å². The third-order valence-corrected chi connectivity index (χ3v) is 4.73. The third-order valence-electron chi connectivity index (χ3n) is 2.67. The summed E-state index contributed by atoms with van der Waals surface area (Å²) in [6, 6.07) is 7.84. The Labute approximate surface area is 127 Å². The minimum absolute atomic E-state index is 0.0270. The Bertz CT molecular complexity index is 761. The molecule has 1 aromatic heterocycles. The molecule has 0 saturated carbocycles. The van der Waals surface area contributed by atoms with Crippen LogP contribution in [0, 0.1) is 13.8 Å². The lowest BCUT2D eigenvalue weighted by Crippen LogP contribution is -2.14. The summed E-state index contributed by atoms with van der Waals surface area (Å²) in [5, 5.41) is 0.482. The van der Waals surface area contributed by atoms with Crippen molar-refractivity contribution in [2.75, 3.05) is 4.72 Å². The van der Waals surface area contributed by atoms with E-state index in [2.05, 4.69) is 9.71 Å². The molecule has 0 bridgehead atoms. The number of sulfonamides is 1. The number of hydrogen-bond donors (Lipinski definition) is 1. The van der Waals surface area contributed by atoms with Crippen molar-refractivity contribution in [3.8, 4) is 0 Å². The number of aromatic nitrogens is 1. The molecule has 7 heteroatoms. The van der Waals surface area contributed by atoms with Crippen molar-refractivity contribution in [1.29, 1.82) is 0 Å². The molecule has 0 fully saturated rings. The number of nitrogens with zero attached hydrogens (tertiary/aromatic N) is 1. The molecule has 0 atom stereocenters. The number of hydrogen-bond acceptors (Lipinski definition) is 3. The molecule has 0 spiro atoms. The van der Waals surface area contributed by atoms with Gasteiger partial charge in [-0.25, -0.2) is 13.4 Å². The van der Waals surface area contributed by atoms with Gasteiger partial charge in [-0.1, -0.05) is 29.3 Å². The summed E-state index contributed by atoms with van der Waals surface area (Å²) in [6.07, 6.45) is 0. The first-order valence-electron chi connectivity index (χ1n) is 5.72. The first-order chi connectivity index (χ1) is 9.29. The summed E-state index contributed by atoms with van der Waals surface area (Å²) in [6.45, 7) is 3.50. The quantitative estimate of drug-likeness (QED) is 0.870. The normalized spacial score (nSPS) is 11.4. The molecule has 1 heterocycles. The number of anilines is 1. The average molecular weight is 331 g/mol. The Morgan fingerprint density at radius 2 is 1.80 bits per heavy atom. The van der Waals surface area contributed by atoms with Crippen molar-refractivity contribution in [2.24, 2.45) is 0 Å². The van der Waals surface area contributed by atoms with Gasteiger partial charge in [0.15, 0.2) is 0 Å². The first-order valence-corrected chi connectivity index (χ1v) is 7.95. The van der Waals surface area contributed by atoms with Gasteiger partial charge in [-0.05, 0) is 43.7 Å². The number of halogens is 2. The number of benzene rings is 1. The van der Waals surface area contributed by atoms with Crippen LogP contribution in [0.5, 0.6) is 0 Å². The van der Waals surface area contributed by atoms with E-state index in [4.69, 9.17) is 23.2 Å². The van der Waals surface area contributed by atoms with Crippen molar-refractivity contribution in [2.45, 2.75) is 18.7 Å². The molecule has 4 nitrogen and oxygen atoms in total. The maximum Gasteiger partial charge on any atom is 0.263 e. The molecule has 0 unspecified atom stereocenters. The molecule has 1 N–H and O–H groups in total. The molecule has 1 aromatic carbocycles. The summed E-state index contributed by atoms with van der Waals surface area (Å²) in [4.78, 5) is 4.02. The lowest BCUT2D eigenvalue weighted by atomic mass is 10.2. The second-order valence-corrected chi connectivity index (χ2v) is 6.75. The molecule has 0 saturated heterocycles. The summed E-state index contributed by atoms with van der Waals surface area (Å²) in [5.41, 5.74) is 1.74. The van der Waals surface area contributed by atoms with Crippen molar-refractivity contribution in [1.82, 2.24) is 4.98 Å². The fraction of sp³-hybridized carbons (Fsp3) is 0.154. The highest BCUT2D eigenvalue weighted by atomic mass is 35.5. The van der Waals surface area contributed by atoms with Crippen LogP contribution in [0.4, 0.5) is 5.69 Å². The maximum absolute atomic E-state index is 12.3. The molecule has 0 radical (unpaired) electrons. The highest BCUT2D eigenvalue weighted by molar-refractivity contribution is 7.92. The van der Waals surface area contributed by atoms with Gasteiger partial charge in [0.25, 0.3) is 10.0 Å². The van der Waals surface area contributed by atoms with Crippen LogP contribution < -0.4 is 4.72 Å². The smallest absolute Gasteiger partial charge is 0.263 e. The van der Waals surface area contributed by atoms with Crippen LogP contribution in [0.15, 0.2) is 35.2 Å². The molecule has 20 heavy (non-hydrogen) atoms. The van der Waals surface area contributed by atoms with Gasteiger partial charge in [-0.2, -0.15) is 0 Å². The minimum Gasteiger partial charge on any atom is -0.278 e. The topological polar surface area (TPSA) is 59.1 Å². The van der Waals surface area contributed by atoms with Crippen LogP contribution in [0.1, 0.15) is 11.3 Å². The van der Waals surface area contributed by atoms with E-state index in [0.717, 1.165) is 5.56 Å². The van der Waals surface area contributed by atoms with E-state index < -0.39 is 10.0 Å². The lowest BCUT2D eigenvalue weighted by Gasteiger charge is -2.11. The van der Waals surface area contributed by atoms with Gasteiger partial charge < -0.3 is 0 Å². The highest BCUT2D eigenvalue weighted by Gasteiger charge is 2.19. The van der Waals surface area contributed by atoms with Crippen molar-refractivity contribution < 1.29 is 8.42 Å². The van der Waals surface area contributed by atoms with Crippen LogP contribution in [-0.2, 0) is 10.0 Å². The fourth-order valence-corrected chi connectivity index (χ4v) is 3.57. The molecule has 2 rings (SSSR count). The van der Waals surface area contributed by atoms with Gasteiger partial charge in [0, 0.05) is 0 Å². The zero-order chi connectivity index (χ0) is 14.9. The summed E-state index contributed by atoms with van der Waals surface area (Å²) >= 11 is 11.7. The van der Waals surface area contributed by atoms with E-state index in [1.165, 1.54) is 12.1 Å². The van der Waals surface area contributed by atoms with E-state index >= 15 is 0 Å². The Balaban J connectivity index is 2.41. The molecule has 0 aliphatic heterocycles. The largest absolute Gasteiger partial charge is 0.278 e. The Morgan fingerprint density at radius 1 is 1.10 bits per heavy atom. The number of pyridine rings is 1. The Morgan fingerprint density at radius 3 is 2.40 bits per heavy atom. The molecule has 2 aromatic rings. The SMILES string of the molecule is Cc1ccc(S(=O)(=O)Nc2ccc(Cl)nc2C)c(Cl)c1. The number of nitrogens with one attached hydrogen (secondary N) is 1. The Hall–Kier alpha value is -1.30. The lowest BCUT2D eigenvalue weighted by molar-refractivity contribution is 0.601. The monoisotopic (exact) mass is 330 g/mol. The minimum atomic E-state index is -3.76. The van der Waals surface area contributed by atoms with E-state index in [0.29, 0.717) is 16.5 Å². The summed E-state index contributed by atoms with van der Waals surface area (Å²) < 4.78 is 27.1. The highest BCUT2D eigenvalue weighted by Crippen LogP contribution is 2.26. The molecule has 106 valence electrons. The molecular formula is C13H12Cl2N2O2S. The van der Waals surface area contributed by atoms with Crippen LogP contribution in [0.2, 0.25) is 10.2 Å². The van der Waals surface area contributed by atoms with E-state index in [9.17, 15) is 8.42 Å². The van der Waals surface area contributed by atoms with Gasteiger partial charge in [0.1, 0.15) is 10.0 Å². The average Bonchev–Trinajstić information content (AvgIpc) is 2.32. The fourth-order valence-electron chi connectivity index (χ4n) is 1.66. The molecule has 0 aliphatic rings. The predicted octanol–water partition coefficient (Wildman–Crippen LogP) is 3.81. The standard InChI is InChI=1S/C13H12Cl2N2O2S/c1-8-3-5-12(10(14)7-8)20(18,19)17-11-4-6-13(15)16-9(11)2/h3-7,17H,1-2H3. The van der Waals surface area contributed by atoms with Crippen molar-refractivity contribution in [3.05, 3.63) is 51.8 Å². The summed E-state index contributed by atoms with van der Waals surface area (Å²) in [7, 11) is -3.76. The van der Waals surface area contributed by atoms with Gasteiger partial charge in [0.05, 0.1) is 16.4 Å². The van der Waals surface area contributed by atoms with E-state index in [-0.39, 0.29) is 9.92 Å². The summed E-state index contributed by atoms with van der Waals surface area (Å²) in [5.74, 6) is 0. The van der Waals surface area contributed by atoms with E-state index in [1.807, 2.05) is 6.92 Å². The zero-order valence-corrected chi connectivity index (χ0v) is 13.1. The molecule has 0 aliphatic carbocycles. The Kier molecular flexibility index (Phi) is 4.22. The maximum atomic E-state index is 12.3. The second kappa shape index (κ2) is 5.60. The van der Waals surface area contributed by atoms with Gasteiger partial charge >= 0.3 is 0 Å². The number of rotatable bonds is 3. The molecular weight excluding hydrogens is 319 g/mol. The molecule has 0 amide bonds. The van der Waals surface area contributed by atoms with Crippen molar-refractivity contribution >= 4 is 38.9 Å². The third kappa shape index (κ3) is 3.23. The van der Waals surface area contributed by atoms with Crippen LogP contribution in [0.3, 0.4) is 0 Å². The predicted molar refractivity (Wildman–Crippen MR) is 81.0 cm³/mol. The van der Waals surface area contributed by atoms with Crippen LogP contribution in [0.25, 0.3) is 0 Å². The van der Waals surface area contributed by atoms with Gasteiger partial charge in [-0.15, -0.1) is 0 Å². The van der Waals surface area contributed by atoms with Crippen LogP contribution in [-0.4, -0.2) is 13.4 Å². The number of aryl methyl sites for hydroxylation is 2. The first kappa shape index (κ1) is 15.1.